The third-order valence-corrected chi connectivity index (χ3v) is 4.57. The first kappa shape index (κ1) is 15.2. The lowest BCUT2D eigenvalue weighted by molar-refractivity contribution is -0.146. The minimum atomic E-state index is -0.965. The molecule has 0 radical (unpaired) electrons. The number of methoxy groups -OCH3 is 1. The molecule has 2 rings (SSSR count). The highest BCUT2D eigenvalue weighted by Crippen LogP contribution is 2.31. The second kappa shape index (κ2) is 6.53. The Hall–Kier alpha value is -1.15. The molecule has 1 unspecified atom stereocenters. The molecule has 1 aromatic rings. The van der Waals surface area contributed by atoms with E-state index < -0.39 is 11.5 Å². The zero-order valence-corrected chi connectivity index (χ0v) is 12.7. The fourth-order valence-electron chi connectivity index (χ4n) is 2.35. The number of carbonyl (C=O) groups is 1. The van der Waals surface area contributed by atoms with Gasteiger partial charge in [-0.3, -0.25) is 4.79 Å². The van der Waals surface area contributed by atoms with Crippen LogP contribution in [-0.2, 0) is 9.53 Å². The summed E-state index contributed by atoms with van der Waals surface area (Å²) in [7, 11) is 1.35. The van der Waals surface area contributed by atoms with Crippen molar-refractivity contribution in [3.8, 4) is 0 Å². The lowest BCUT2D eigenvalue weighted by Gasteiger charge is -2.20. The largest absolute Gasteiger partial charge is 0.468 e. The van der Waals surface area contributed by atoms with Gasteiger partial charge >= 0.3 is 5.97 Å². The summed E-state index contributed by atoms with van der Waals surface area (Å²) in [6.07, 6.45) is 5.25. The summed E-state index contributed by atoms with van der Waals surface area (Å²) in [6.45, 7) is 1.68. The fraction of sp³-hybridized carbons (Fsp3) is 0.833. The number of aromatic nitrogens is 4. The van der Waals surface area contributed by atoms with Crippen molar-refractivity contribution in [2.45, 2.75) is 55.8 Å². The van der Waals surface area contributed by atoms with Crippen LogP contribution in [0.5, 0.6) is 0 Å². The van der Waals surface area contributed by atoms with E-state index in [0.717, 1.165) is 18.0 Å². The molecule has 0 amide bonds. The van der Waals surface area contributed by atoms with Crippen LogP contribution in [0.4, 0.5) is 0 Å². The average Bonchev–Trinajstić information content (AvgIpc) is 3.07. The molecule has 112 valence electrons. The van der Waals surface area contributed by atoms with Crippen molar-refractivity contribution in [1.29, 1.82) is 0 Å². The van der Waals surface area contributed by atoms with Crippen LogP contribution in [0.25, 0.3) is 0 Å². The van der Waals surface area contributed by atoms with Gasteiger partial charge in [-0.25, -0.2) is 4.68 Å². The highest BCUT2D eigenvalue weighted by molar-refractivity contribution is 7.99. The summed E-state index contributed by atoms with van der Waals surface area (Å²) >= 11 is 1.53. The van der Waals surface area contributed by atoms with Gasteiger partial charge in [-0.15, -0.1) is 5.10 Å². The number of carbonyl (C=O) groups excluding carboxylic acids is 1. The van der Waals surface area contributed by atoms with Gasteiger partial charge in [0, 0.05) is 5.75 Å². The first-order valence-corrected chi connectivity index (χ1v) is 7.81. The standard InChI is InChI=1S/C12H21N5O2S/c1-12(13,10(18)19-2)7-8-20-11-14-15-16-17(11)9-5-3-4-6-9/h9H,3-8,13H2,1-2H3. The predicted octanol–water partition coefficient (Wildman–Crippen LogP) is 1.16. The van der Waals surface area contributed by atoms with E-state index in [2.05, 4.69) is 20.3 Å². The predicted molar refractivity (Wildman–Crippen MR) is 75.3 cm³/mol. The molecule has 1 saturated carbocycles. The van der Waals surface area contributed by atoms with Crippen LogP contribution < -0.4 is 5.73 Å². The number of tetrazole rings is 1. The maximum Gasteiger partial charge on any atom is 0.325 e. The summed E-state index contributed by atoms with van der Waals surface area (Å²) in [4.78, 5) is 11.5. The molecule has 0 bridgehead atoms. The number of hydrogen-bond acceptors (Lipinski definition) is 7. The van der Waals surface area contributed by atoms with E-state index in [-0.39, 0.29) is 0 Å². The Morgan fingerprint density at radius 2 is 2.25 bits per heavy atom. The Morgan fingerprint density at radius 3 is 2.90 bits per heavy atom. The number of thioether (sulfide) groups is 1. The van der Waals surface area contributed by atoms with Crippen LogP contribution in [0.2, 0.25) is 0 Å². The molecule has 1 fully saturated rings. The number of ether oxygens (including phenoxy) is 1. The molecule has 1 heterocycles. The second-order valence-corrected chi connectivity index (χ2v) is 6.41. The number of esters is 1. The molecule has 1 aliphatic carbocycles. The zero-order valence-electron chi connectivity index (χ0n) is 11.9. The van der Waals surface area contributed by atoms with E-state index in [1.807, 2.05) is 4.68 Å². The lowest BCUT2D eigenvalue weighted by atomic mass is 10.0. The number of nitrogens with zero attached hydrogens (tertiary/aromatic N) is 4. The van der Waals surface area contributed by atoms with Gasteiger partial charge in [0.05, 0.1) is 13.2 Å². The van der Waals surface area contributed by atoms with Crippen molar-refractivity contribution in [3.63, 3.8) is 0 Å². The maximum atomic E-state index is 11.5. The third kappa shape index (κ3) is 3.49. The molecule has 8 heteroatoms. The molecule has 7 nitrogen and oxygen atoms in total. The highest BCUT2D eigenvalue weighted by atomic mass is 32.2. The van der Waals surface area contributed by atoms with Crippen molar-refractivity contribution in [1.82, 2.24) is 20.2 Å². The highest BCUT2D eigenvalue weighted by Gasteiger charge is 2.29. The second-order valence-electron chi connectivity index (χ2n) is 5.35. The molecular formula is C12H21N5O2S. The minimum absolute atomic E-state index is 0.395. The monoisotopic (exact) mass is 299 g/mol. The SMILES string of the molecule is COC(=O)C(C)(N)CCSc1nnnn1C1CCCC1. The van der Waals surface area contributed by atoms with E-state index in [1.165, 1.54) is 31.7 Å². The molecule has 1 aliphatic rings. The normalized spacial score (nSPS) is 18.9. The van der Waals surface area contributed by atoms with Crippen LogP contribution in [0, 0.1) is 0 Å². The van der Waals surface area contributed by atoms with Gasteiger partial charge in [-0.1, -0.05) is 24.6 Å². The average molecular weight is 299 g/mol. The van der Waals surface area contributed by atoms with E-state index in [9.17, 15) is 4.79 Å². The Morgan fingerprint density at radius 1 is 1.55 bits per heavy atom. The van der Waals surface area contributed by atoms with Crippen molar-refractivity contribution < 1.29 is 9.53 Å². The topological polar surface area (TPSA) is 95.9 Å². The van der Waals surface area contributed by atoms with Crippen molar-refractivity contribution in [2.75, 3.05) is 12.9 Å². The van der Waals surface area contributed by atoms with Crippen LogP contribution in [0.3, 0.4) is 0 Å². The minimum Gasteiger partial charge on any atom is -0.468 e. The summed E-state index contributed by atoms with van der Waals surface area (Å²) in [6, 6.07) is 0.414. The summed E-state index contributed by atoms with van der Waals surface area (Å²) in [5.41, 5.74) is 4.96. The number of hydrogen-bond donors (Lipinski definition) is 1. The maximum absolute atomic E-state index is 11.5. The third-order valence-electron chi connectivity index (χ3n) is 3.64. The van der Waals surface area contributed by atoms with E-state index in [0.29, 0.717) is 18.2 Å². The van der Waals surface area contributed by atoms with Crippen LogP contribution in [0.1, 0.15) is 45.1 Å². The van der Waals surface area contributed by atoms with Crippen molar-refractivity contribution >= 4 is 17.7 Å². The van der Waals surface area contributed by atoms with Gasteiger partial charge < -0.3 is 10.5 Å². The summed E-state index contributed by atoms with van der Waals surface area (Å²) < 4.78 is 6.60. The van der Waals surface area contributed by atoms with Crippen LogP contribution >= 0.6 is 11.8 Å². The van der Waals surface area contributed by atoms with Gasteiger partial charge in [-0.05, 0) is 36.6 Å². The van der Waals surface area contributed by atoms with E-state index in [1.54, 1.807) is 6.92 Å². The lowest BCUT2D eigenvalue weighted by Crippen LogP contribution is -2.46. The van der Waals surface area contributed by atoms with Gasteiger partial charge in [0.2, 0.25) is 5.16 Å². The van der Waals surface area contributed by atoms with Gasteiger partial charge in [0.25, 0.3) is 0 Å². The Bertz CT molecular complexity index is 456. The molecular weight excluding hydrogens is 278 g/mol. The Labute approximate surface area is 122 Å². The number of rotatable bonds is 6. The summed E-state index contributed by atoms with van der Waals surface area (Å²) in [5, 5.41) is 12.7. The molecule has 0 saturated heterocycles. The van der Waals surface area contributed by atoms with Crippen molar-refractivity contribution in [2.24, 2.45) is 5.73 Å². The van der Waals surface area contributed by atoms with Gasteiger partial charge in [-0.2, -0.15) is 0 Å². The molecule has 1 aromatic heterocycles. The molecule has 0 spiro atoms. The van der Waals surface area contributed by atoms with Crippen molar-refractivity contribution in [3.05, 3.63) is 0 Å². The number of nitrogens with two attached hydrogens (primary N) is 1. The molecule has 0 aromatic carbocycles. The Kier molecular flexibility index (Phi) is 4.98. The van der Waals surface area contributed by atoms with Gasteiger partial charge in [0.1, 0.15) is 5.54 Å². The molecule has 20 heavy (non-hydrogen) atoms. The first-order valence-electron chi connectivity index (χ1n) is 6.82. The summed E-state index contributed by atoms with van der Waals surface area (Å²) in [5.74, 6) is 0.281. The van der Waals surface area contributed by atoms with E-state index >= 15 is 0 Å². The van der Waals surface area contributed by atoms with Crippen LogP contribution in [-0.4, -0.2) is 44.6 Å². The Balaban J connectivity index is 1.88. The molecule has 0 aliphatic heterocycles. The van der Waals surface area contributed by atoms with E-state index in [4.69, 9.17) is 5.73 Å². The first-order chi connectivity index (χ1) is 9.54. The molecule has 1 atom stereocenters. The molecule has 2 N–H and O–H groups in total. The smallest absolute Gasteiger partial charge is 0.325 e. The van der Waals surface area contributed by atoms with Crippen LogP contribution in [0.15, 0.2) is 5.16 Å². The zero-order chi connectivity index (χ0) is 14.6. The quantitative estimate of drug-likeness (QED) is 0.622. The fourth-order valence-corrected chi connectivity index (χ4v) is 3.47. The van der Waals surface area contributed by atoms with Gasteiger partial charge in [0.15, 0.2) is 0 Å².